The van der Waals surface area contributed by atoms with Crippen molar-refractivity contribution in [1.29, 1.82) is 0 Å². The lowest BCUT2D eigenvalue weighted by Crippen LogP contribution is -2.34. The largest absolute Gasteiger partial charge is 0.356 e. The van der Waals surface area contributed by atoms with Gasteiger partial charge in [-0.2, -0.15) is 0 Å². The number of rotatable bonds is 2. The van der Waals surface area contributed by atoms with Crippen LogP contribution in [-0.2, 0) is 0 Å². The van der Waals surface area contributed by atoms with Gasteiger partial charge in [-0.15, -0.1) is 21.5 Å². The summed E-state index contributed by atoms with van der Waals surface area (Å²) in [5.74, 6) is 2.60. The van der Waals surface area contributed by atoms with E-state index in [0.29, 0.717) is 5.92 Å². The molecule has 7 heteroatoms. The summed E-state index contributed by atoms with van der Waals surface area (Å²) in [5.41, 5.74) is 2.23. The van der Waals surface area contributed by atoms with Crippen LogP contribution in [0.15, 0.2) is 30.7 Å². The van der Waals surface area contributed by atoms with Gasteiger partial charge in [-0.1, -0.05) is 6.07 Å². The summed E-state index contributed by atoms with van der Waals surface area (Å²) in [7, 11) is 0. The first-order valence-electron chi connectivity index (χ1n) is 8.97. The molecule has 1 saturated heterocycles. The topological polar surface area (TPSA) is 59.2 Å². The molecular weight excluding hydrogens is 344 g/mol. The van der Waals surface area contributed by atoms with Gasteiger partial charge in [0.1, 0.15) is 22.8 Å². The zero-order chi connectivity index (χ0) is 17.7. The fraction of sp³-hybridized carbons (Fsp3) is 0.368. The first-order valence-corrected chi connectivity index (χ1v) is 9.79. The molecule has 0 unspecified atom stereocenters. The van der Waals surface area contributed by atoms with Gasteiger partial charge in [-0.05, 0) is 44.4 Å². The van der Waals surface area contributed by atoms with Crippen molar-refractivity contribution in [3.63, 3.8) is 0 Å². The van der Waals surface area contributed by atoms with Crippen LogP contribution < -0.4 is 4.90 Å². The number of nitrogens with zero attached hydrogens (tertiary/aromatic N) is 6. The molecule has 132 valence electrons. The third-order valence-corrected chi connectivity index (χ3v) is 6.56. The van der Waals surface area contributed by atoms with E-state index in [0.717, 1.165) is 48.1 Å². The third-order valence-electron chi connectivity index (χ3n) is 5.45. The number of hydrogen-bond donors (Lipinski definition) is 0. The van der Waals surface area contributed by atoms with E-state index < -0.39 is 0 Å². The summed E-state index contributed by atoms with van der Waals surface area (Å²) in [6.45, 7) is 6.30. The highest BCUT2D eigenvalue weighted by molar-refractivity contribution is 7.18. The van der Waals surface area contributed by atoms with Gasteiger partial charge in [-0.3, -0.25) is 4.40 Å². The minimum atomic E-state index is 0.436. The molecule has 0 saturated carbocycles. The van der Waals surface area contributed by atoms with Crippen molar-refractivity contribution < 1.29 is 0 Å². The molecule has 0 atom stereocenters. The highest BCUT2D eigenvalue weighted by Gasteiger charge is 2.26. The molecule has 0 aromatic carbocycles. The van der Waals surface area contributed by atoms with Gasteiger partial charge in [0, 0.05) is 30.1 Å². The van der Waals surface area contributed by atoms with Gasteiger partial charge >= 0.3 is 0 Å². The van der Waals surface area contributed by atoms with Gasteiger partial charge in [0.25, 0.3) is 0 Å². The number of piperidine rings is 1. The Bertz CT molecular complexity index is 1090. The first-order chi connectivity index (χ1) is 12.7. The molecule has 5 heterocycles. The lowest BCUT2D eigenvalue weighted by atomic mass is 9.95. The van der Waals surface area contributed by atoms with Crippen molar-refractivity contribution in [2.45, 2.75) is 32.6 Å². The molecule has 0 bridgehead atoms. The highest BCUT2D eigenvalue weighted by atomic mass is 32.1. The molecule has 0 aliphatic carbocycles. The number of pyridine rings is 1. The Morgan fingerprint density at radius 2 is 1.92 bits per heavy atom. The summed E-state index contributed by atoms with van der Waals surface area (Å²) in [4.78, 5) is 13.9. The lowest BCUT2D eigenvalue weighted by molar-refractivity contribution is 0.481. The van der Waals surface area contributed by atoms with Crippen molar-refractivity contribution >= 4 is 33.0 Å². The van der Waals surface area contributed by atoms with Crippen molar-refractivity contribution in [3.05, 3.63) is 47.0 Å². The number of aromatic nitrogens is 5. The van der Waals surface area contributed by atoms with Gasteiger partial charge in [0.15, 0.2) is 5.65 Å². The Morgan fingerprint density at radius 1 is 1.08 bits per heavy atom. The first kappa shape index (κ1) is 15.7. The molecule has 0 radical (unpaired) electrons. The molecule has 1 aliphatic heterocycles. The molecular formula is C19H20N6S. The molecule has 1 aliphatic rings. The van der Waals surface area contributed by atoms with Crippen LogP contribution in [0.25, 0.3) is 15.9 Å². The predicted molar refractivity (Wildman–Crippen MR) is 104 cm³/mol. The number of anilines is 1. The smallest absolute Gasteiger partial charge is 0.160 e. The number of hydrogen-bond acceptors (Lipinski definition) is 6. The van der Waals surface area contributed by atoms with E-state index in [9.17, 15) is 0 Å². The van der Waals surface area contributed by atoms with Gasteiger partial charge < -0.3 is 4.90 Å². The minimum Gasteiger partial charge on any atom is -0.356 e. The quantitative estimate of drug-likeness (QED) is 0.542. The van der Waals surface area contributed by atoms with Crippen LogP contribution >= 0.6 is 11.3 Å². The van der Waals surface area contributed by atoms with Crippen LogP contribution in [0.5, 0.6) is 0 Å². The average molecular weight is 364 g/mol. The zero-order valence-electron chi connectivity index (χ0n) is 14.9. The zero-order valence-corrected chi connectivity index (χ0v) is 15.7. The summed E-state index contributed by atoms with van der Waals surface area (Å²) in [6.07, 6.45) is 5.88. The van der Waals surface area contributed by atoms with Crippen molar-refractivity contribution in [2.75, 3.05) is 18.0 Å². The van der Waals surface area contributed by atoms with Gasteiger partial charge in [0.05, 0.1) is 5.39 Å². The van der Waals surface area contributed by atoms with Crippen molar-refractivity contribution in [3.8, 4) is 0 Å². The Kier molecular flexibility index (Phi) is 3.63. The molecule has 6 nitrogen and oxygen atoms in total. The maximum atomic E-state index is 4.63. The van der Waals surface area contributed by atoms with Gasteiger partial charge in [0.2, 0.25) is 0 Å². The Labute approximate surface area is 155 Å². The second kappa shape index (κ2) is 6.02. The van der Waals surface area contributed by atoms with E-state index in [1.807, 2.05) is 18.2 Å². The standard InChI is InChI=1S/C19H20N6S/c1-12-13(2)26-19-16(12)18(20-11-21-19)24-9-6-14(7-10-24)17-23-22-15-5-3-4-8-25(15)17/h3-5,8,11,14H,6-7,9-10H2,1-2H3. The van der Waals surface area contributed by atoms with Crippen LogP contribution in [0.4, 0.5) is 5.82 Å². The van der Waals surface area contributed by atoms with Crippen LogP contribution in [0.3, 0.4) is 0 Å². The second-order valence-corrected chi connectivity index (χ2v) is 8.11. The van der Waals surface area contributed by atoms with E-state index in [2.05, 4.69) is 49.5 Å². The van der Waals surface area contributed by atoms with Crippen molar-refractivity contribution in [1.82, 2.24) is 24.6 Å². The fourth-order valence-corrected chi connectivity index (χ4v) is 4.88. The number of thiophene rings is 1. The molecule has 0 amide bonds. The SMILES string of the molecule is Cc1sc2ncnc(N3CCC(c4nnc5ccccn45)CC3)c2c1C. The lowest BCUT2D eigenvalue weighted by Gasteiger charge is -2.32. The monoisotopic (exact) mass is 364 g/mol. The Hall–Kier alpha value is -2.54. The van der Waals surface area contributed by atoms with Gasteiger partial charge in [-0.25, -0.2) is 9.97 Å². The Morgan fingerprint density at radius 3 is 2.77 bits per heavy atom. The third kappa shape index (κ3) is 2.38. The van der Waals surface area contributed by atoms with E-state index in [4.69, 9.17) is 0 Å². The maximum absolute atomic E-state index is 4.63. The Balaban J connectivity index is 1.43. The minimum absolute atomic E-state index is 0.436. The van der Waals surface area contributed by atoms with Crippen LogP contribution in [0.1, 0.15) is 35.0 Å². The molecule has 5 rings (SSSR count). The number of aryl methyl sites for hydroxylation is 2. The molecule has 4 aromatic rings. The highest BCUT2D eigenvalue weighted by Crippen LogP contribution is 2.36. The maximum Gasteiger partial charge on any atom is 0.160 e. The van der Waals surface area contributed by atoms with E-state index in [1.165, 1.54) is 15.8 Å². The summed E-state index contributed by atoms with van der Waals surface area (Å²) in [6, 6.07) is 6.04. The normalized spacial score (nSPS) is 16.0. The van der Waals surface area contributed by atoms with E-state index in [-0.39, 0.29) is 0 Å². The van der Waals surface area contributed by atoms with E-state index >= 15 is 0 Å². The molecule has 4 aromatic heterocycles. The van der Waals surface area contributed by atoms with E-state index in [1.54, 1.807) is 17.7 Å². The van der Waals surface area contributed by atoms with Crippen LogP contribution in [0, 0.1) is 13.8 Å². The molecule has 0 N–H and O–H groups in total. The number of fused-ring (bicyclic) bond motifs is 2. The fourth-order valence-electron chi connectivity index (χ4n) is 3.89. The molecule has 26 heavy (non-hydrogen) atoms. The molecule has 1 fully saturated rings. The molecule has 0 spiro atoms. The van der Waals surface area contributed by atoms with Crippen molar-refractivity contribution in [2.24, 2.45) is 0 Å². The van der Waals surface area contributed by atoms with Crippen LogP contribution in [0.2, 0.25) is 0 Å². The predicted octanol–water partition coefficient (Wildman–Crippen LogP) is 3.73. The second-order valence-electron chi connectivity index (χ2n) is 6.91. The summed E-state index contributed by atoms with van der Waals surface area (Å²) >= 11 is 1.76. The summed E-state index contributed by atoms with van der Waals surface area (Å²) < 4.78 is 2.12. The summed E-state index contributed by atoms with van der Waals surface area (Å²) in [5, 5.41) is 9.98. The van der Waals surface area contributed by atoms with Crippen LogP contribution in [-0.4, -0.2) is 37.7 Å². The average Bonchev–Trinajstić information content (AvgIpc) is 3.23.